The van der Waals surface area contributed by atoms with Crippen molar-refractivity contribution in [2.24, 2.45) is 0 Å². The molecule has 4 heteroatoms. The van der Waals surface area contributed by atoms with E-state index in [1.165, 1.54) is 17.7 Å². The molecule has 2 aromatic carbocycles. The van der Waals surface area contributed by atoms with Crippen molar-refractivity contribution in [1.82, 2.24) is 4.57 Å². The van der Waals surface area contributed by atoms with Crippen molar-refractivity contribution in [3.05, 3.63) is 70.1 Å². The number of halogens is 2. The Balaban J connectivity index is 2.16. The maximum absolute atomic E-state index is 13.4. The molecule has 104 valence electrons. The van der Waals surface area contributed by atoms with Crippen LogP contribution in [0.1, 0.15) is 16.7 Å². The van der Waals surface area contributed by atoms with Gasteiger partial charge in [-0.05, 0) is 30.7 Å². The van der Waals surface area contributed by atoms with Crippen LogP contribution in [0.4, 0.5) is 4.39 Å². The highest BCUT2D eigenvalue weighted by molar-refractivity contribution is 6.32. The summed E-state index contributed by atoms with van der Waals surface area (Å²) in [4.78, 5) is 0. The highest BCUT2D eigenvalue weighted by atomic mass is 35.5. The van der Waals surface area contributed by atoms with E-state index in [1.807, 2.05) is 35.8 Å². The first-order valence-electron chi connectivity index (χ1n) is 6.53. The lowest BCUT2D eigenvalue weighted by molar-refractivity contribution is 0.629. The molecule has 1 heterocycles. The van der Waals surface area contributed by atoms with E-state index >= 15 is 0 Å². The SMILES string of the molecule is Cc1ccc(Cn2c(Cl)c(C#N)c3cc(F)ccc32)cc1. The van der Waals surface area contributed by atoms with Gasteiger partial charge in [-0.15, -0.1) is 0 Å². The van der Waals surface area contributed by atoms with Crippen molar-refractivity contribution >= 4 is 22.5 Å². The number of hydrogen-bond acceptors (Lipinski definition) is 1. The molecule has 2 nitrogen and oxygen atoms in total. The van der Waals surface area contributed by atoms with Crippen LogP contribution in [0.15, 0.2) is 42.5 Å². The molecule has 0 fully saturated rings. The number of fused-ring (bicyclic) bond motifs is 1. The average Bonchev–Trinajstić information content (AvgIpc) is 2.73. The van der Waals surface area contributed by atoms with E-state index < -0.39 is 0 Å². The molecule has 0 aliphatic heterocycles. The largest absolute Gasteiger partial charge is 0.326 e. The highest BCUT2D eigenvalue weighted by Crippen LogP contribution is 2.30. The van der Waals surface area contributed by atoms with Gasteiger partial charge < -0.3 is 4.57 Å². The van der Waals surface area contributed by atoms with Gasteiger partial charge in [0, 0.05) is 11.9 Å². The summed E-state index contributed by atoms with van der Waals surface area (Å²) >= 11 is 6.30. The first-order valence-corrected chi connectivity index (χ1v) is 6.91. The molecule has 0 unspecified atom stereocenters. The summed E-state index contributed by atoms with van der Waals surface area (Å²) in [6.45, 7) is 2.57. The van der Waals surface area contributed by atoms with Crippen molar-refractivity contribution in [2.45, 2.75) is 13.5 Å². The summed E-state index contributed by atoms with van der Waals surface area (Å²) in [5.74, 6) is -0.372. The van der Waals surface area contributed by atoms with E-state index in [1.54, 1.807) is 6.07 Å². The molecule has 3 rings (SSSR count). The fourth-order valence-corrected chi connectivity index (χ4v) is 2.73. The molecule has 3 aromatic rings. The molecular formula is C17H12ClFN2. The molecule has 21 heavy (non-hydrogen) atoms. The van der Waals surface area contributed by atoms with Gasteiger partial charge >= 0.3 is 0 Å². The number of aryl methyl sites for hydroxylation is 1. The van der Waals surface area contributed by atoms with Crippen molar-refractivity contribution in [3.63, 3.8) is 0 Å². The third-order valence-electron chi connectivity index (χ3n) is 3.54. The fourth-order valence-electron chi connectivity index (χ4n) is 2.43. The molecule has 0 spiro atoms. The number of nitriles is 1. The Labute approximate surface area is 127 Å². The third-order valence-corrected chi connectivity index (χ3v) is 3.93. The molecule has 0 aliphatic rings. The van der Waals surface area contributed by atoms with Crippen LogP contribution in [0.5, 0.6) is 0 Å². The molecule has 0 bridgehead atoms. The standard InChI is InChI=1S/C17H12ClFN2/c1-11-2-4-12(5-3-11)10-21-16-7-6-13(19)8-14(16)15(9-20)17(21)18/h2-8H,10H2,1H3. The maximum Gasteiger partial charge on any atom is 0.128 e. The minimum absolute atomic E-state index is 0.318. The number of benzene rings is 2. The Kier molecular flexibility index (Phi) is 3.40. The van der Waals surface area contributed by atoms with Gasteiger partial charge in [0.2, 0.25) is 0 Å². The first kappa shape index (κ1) is 13.7. The van der Waals surface area contributed by atoms with Gasteiger partial charge in [0.25, 0.3) is 0 Å². The smallest absolute Gasteiger partial charge is 0.128 e. The molecular weight excluding hydrogens is 287 g/mol. The predicted octanol–water partition coefficient (Wildman–Crippen LogP) is 4.66. The Bertz CT molecular complexity index is 857. The molecule has 0 saturated heterocycles. The van der Waals surface area contributed by atoms with Crippen LogP contribution in [0.2, 0.25) is 5.15 Å². The van der Waals surface area contributed by atoms with Crippen LogP contribution in [-0.4, -0.2) is 4.57 Å². The van der Waals surface area contributed by atoms with Gasteiger partial charge in [-0.2, -0.15) is 5.26 Å². The third kappa shape index (κ3) is 2.39. The monoisotopic (exact) mass is 298 g/mol. The Hall–Kier alpha value is -2.31. The van der Waals surface area contributed by atoms with E-state index in [-0.39, 0.29) is 5.82 Å². The van der Waals surface area contributed by atoms with Gasteiger partial charge in [0.1, 0.15) is 17.0 Å². The Morgan fingerprint density at radius 1 is 1.19 bits per heavy atom. The zero-order chi connectivity index (χ0) is 15.0. The topological polar surface area (TPSA) is 28.7 Å². The lowest BCUT2D eigenvalue weighted by Gasteiger charge is -2.07. The predicted molar refractivity (Wildman–Crippen MR) is 81.9 cm³/mol. The molecule has 0 amide bonds. The molecule has 0 saturated carbocycles. The van der Waals surface area contributed by atoms with E-state index in [4.69, 9.17) is 11.6 Å². The lowest BCUT2D eigenvalue weighted by Crippen LogP contribution is -1.99. The summed E-state index contributed by atoms with van der Waals surface area (Å²) in [6, 6.07) is 14.5. The Morgan fingerprint density at radius 2 is 1.90 bits per heavy atom. The van der Waals surface area contributed by atoms with Crippen molar-refractivity contribution in [2.75, 3.05) is 0 Å². The van der Waals surface area contributed by atoms with Gasteiger partial charge in [-0.1, -0.05) is 41.4 Å². The van der Waals surface area contributed by atoms with Crippen molar-refractivity contribution in [1.29, 1.82) is 5.26 Å². The minimum Gasteiger partial charge on any atom is -0.326 e. The average molecular weight is 299 g/mol. The fraction of sp³-hybridized carbons (Fsp3) is 0.118. The van der Waals surface area contributed by atoms with E-state index in [0.717, 1.165) is 11.1 Å². The number of aromatic nitrogens is 1. The quantitative estimate of drug-likeness (QED) is 0.676. The number of hydrogen-bond donors (Lipinski definition) is 0. The van der Waals surface area contributed by atoms with E-state index in [2.05, 4.69) is 6.07 Å². The van der Waals surface area contributed by atoms with Gasteiger partial charge in [0.05, 0.1) is 11.1 Å². The zero-order valence-electron chi connectivity index (χ0n) is 11.4. The summed E-state index contributed by atoms with van der Waals surface area (Å²) in [7, 11) is 0. The van der Waals surface area contributed by atoms with Gasteiger partial charge in [-0.3, -0.25) is 0 Å². The van der Waals surface area contributed by atoms with Crippen LogP contribution < -0.4 is 0 Å². The normalized spacial score (nSPS) is 10.8. The summed E-state index contributed by atoms with van der Waals surface area (Å²) in [5.41, 5.74) is 3.34. The van der Waals surface area contributed by atoms with Crippen molar-refractivity contribution < 1.29 is 4.39 Å². The minimum atomic E-state index is -0.372. The van der Waals surface area contributed by atoms with Crippen LogP contribution >= 0.6 is 11.6 Å². The van der Waals surface area contributed by atoms with Gasteiger partial charge in [-0.25, -0.2) is 4.39 Å². The van der Waals surface area contributed by atoms with E-state index in [0.29, 0.717) is 22.6 Å². The second-order valence-electron chi connectivity index (χ2n) is 5.01. The summed E-state index contributed by atoms with van der Waals surface area (Å²) in [5, 5.41) is 10.1. The molecule has 1 aromatic heterocycles. The van der Waals surface area contributed by atoms with Crippen LogP contribution in [0.25, 0.3) is 10.9 Å². The van der Waals surface area contributed by atoms with Crippen molar-refractivity contribution in [3.8, 4) is 6.07 Å². The number of rotatable bonds is 2. The van der Waals surface area contributed by atoms with Crippen LogP contribution in [0, 0.1) is 24.1 Å². The highest BCUT2D eigenvalue weighted by Gasteiger charge is 2.16. The molecule has 0 aliphatic carbocycles. The molecule has 0 N–H and O–H groups in total. The summed E-state index contributed by atoms with van der Waals surface area (Å²) < 4.78 is 15.2. The van der Waals surface area contributed by atoms with Crippen LogP contribution in [-0.2, 0) is 6.54 Å². The van der Waals surface area contributed by atoms with E-state index in [9.17, 15) is 9.65 Å². The number of nitrogens with zero attached hydrogens (tertiary/aromatic N) is 2. The second kappa shape index (κ2) is 5.23. The molecule has 0 atom stereocenters. The lowest BCUT2D eigenvalue weighted by atomic mass is 10.1. The first-order chi connectivity index (χ1) is 10.1. The zero-order valence-corrected chi connectivity index (χ0v) is 12.2. The second-order valence-corrected chi connectivity index (χ2v) is 5.37. The summed E-state index contributed by atoms with van der Waals surface area (Å²) in [6.07, 6.45) is 0. The molecule has 0 radical (unpaired) electrons. The maximum atomic E-state index is 13.4. The van der Waals surface area contributed by atoms with Crippen LogP contribution in [0.3, 0.4) is 0 Å². The van der Waals surface area contributed by atoms with Gasteiger partial charge in [0.15, 0.2) is 0 Å². The Morgan fingerprint density at radius 3 is 2.57 bits per heavy atom.